The molecule has 0 bridgehead atoms. The number of anilines is 2. The Labute approximate surface area is 126 Å². The molecule has 116 valence electrons. The van der Waals surface area contributed by atoms with Gasteiger partial charge in [0.2, 0.25) is 0 Å². The van der Waals surface area contributed by atoms with Crippen LogP contribution in [0.1, 0.15) is 33.4 Å². The molecule has 0 aromatic carbocycles. The van der Waals surface area contributed by atoms with Crippen LogP contribution >= 0.6 is 11.3 Å². The van der Waals surface area contributed by atoms with Crippen molar-refractivity contribution < 1.29 is 24.2 Å². The van der Waals surface area contributed by atoms with Crippen LogP contribution in [0.2, 0.25) is 0 Å². The molecule has 3 N–H and O–H groups in total. The summed E-state index contributed by atoms with van der Waals surface area (Å²) in [6.45, 7) is 2.90. The number of aliphatic hydroxyl groups excluding tert-OH is 1. The van der Waals surface area contributed by atoms with Crippen LogP contribution in [0, 0.1) is 0 Å². The van der Waals surface area contributed by atoms with Crippen molar-refractivity contribution in [1.29, 1.82) is 0 Å². The number of hydrogen-bond acceptors (Lipinski definition) is 8. The number of β-amino-alcohol motifs (C(OH)–C–C–N with tert-alkyl or cyclic N) is 1. The predicted molar refractivity (Wildman–Crippen MR) is 78.9 cm³/mol. The molecule has 1 aromatic rings. The quantitative estimate of drug-likeness (QED) is 0.795. The van der Waals surface area contributed by atoms with Crippen LogP contribution in [0.3, 0.4) is 0 Å². The van der Waals surface area contributed by atoms with E-state index in [1.54, 1.807) is 6.92 Å². The van der Waals surface area contributed by atoms with Crippen molar-refractivity contribution in [3.63, 3.8) is 0 Å². The molecule has 1 aliphatic rings. The standard InChI is InChI=1S/C13H18N2O5S/c1-3-20-13(18)10-9(14)8(12(17)19-2)11(21-10)15-5-4-7(16)6-15/h7,16H,3-6,14H2,1-2H3. The van der Waals surface area contributed by atoms with Gasteiger partial charge in [-0.1, -0.05) is 0 Å². The molecule has 2 rings (SSSR count). The molecule has 1 unspecified atom stereocenters. The molecule has 0 saturated carbocycles. The number of hydrogen-bond donors (Lipinski definition) is 2. The van der Waals surface area contributed by atoms with Gasteiger partial charge >= 0.3 is 11.9 Å². The van der Waals surface area contributed by atoms with E-state index in [1.807, 2.05) is 4.90 Å². The SMILES string of the molecule is CCOC(=O)c1sc(N2CCC(O)C2)c(C(=O)OC)c1N. The third-order valence-electron chi connectivity index (χ3n) is 3.23. The first-order valence-electron chi connectivity index (χ1n) is 6.60. The molecule has 1 aromatic heterocycles. The van der Waals surface area contributed by atoms with Crippen LogP contribution in [0.25, 0.3) is 0 Å². The molecule has 21 heavy (non-hydrogen) atoms. The van der Waals surface area contributed by atoms with Gasteiger partial charge in [0.05, 0.1) is 25.5 Å². The molecule has 0 spiro atoms. The fourth-order valence-corrected chi connectivity index (χ4v) is 3.37. The normalized spacial score (nSPS) is 17.9. The first-order chi connectivity index (χ1) is 9.99. The van der Waals surface area contributed by atoms with Gasteiger partial charge in [0, 0.05) is 13.1 Å². The van der Waals surface area contributed by atoms with Crippen molar-refractivity contribution in [2.24, 2.45) is 0 Å². The minimum absolute atomic E-state index is 0.0710. The smallest absolute Gasteiger partial charge is 0.350 e. The number of thiophene rings is 1. The maximum atomic E-state index is 12.0. The number of nitrogens with zero attached hydrogens (tertiary/aromatic N) is 1. The minimum atomic E-state index is -0.601. The van der Waals surface area contributed by atoms with Crippen molar-refractivity contribution in [3.05, 3.63) is 10.4 Å². The van der Waals surface area contributed by atoms with E-state index in [9.17, 15) is 14.7 Å². The largest absolute Gasteiger partial charge is 0.465 e. The summed E-state index contributed by atoms with van der Waals surface area (Å²) in [4.78, 5) is 25.9. The van der Waals surface area contributed by atoms with Gasteiger partial charge in [0.15, 0.2) is 0 Å². The van der Waals surface area contributed by atoms with Crippen molar-refractivity contribution in [2.45, 2.75) is 19.4 Å². The van der Waals surface area contributed by atoms with Gasteiger partial charge < -0.3 is 25.2 Å². The van der Waals surface area contributed by atoms with E-state index in [2.05, 4.69) is 0 Å². The molecule has 1 atom stereocenters. The van der Waals surface area contributed by atoms with Crippen LogP contribution in [0.15, 0.2) is 0 Å². The van der Waals surface area contributed by atoms with E-state index >= 15 is 0 Å². The lowest BCUT2D eigenvalue weighted by Crippen LogP contribution is -2.22. The highest BCUT2D eigenvalue weighted by Crippen LogP contribution is 2.40. The molecule has 0 aliphatic carbocycles. The van der Waals surface area contributed by atoms with Gasteiger partial charge in [-0.25, -0.2) is 9.59 Å². The Kier molecular flexibility index (Phi) is 4.69. The Morgan fingerprint density at radius 1 is 1.48 bits per heavy atom. The molecular weight excluding hydrogens is 296 g/mol. The van der Waals surface area contributed by atoms with Gasteiger partial charge in [-0.2, -0.15) is 0 Å². The van der Waals surface area contributed by atoms with Crippen LogP contribution in [0.5, 0.6) is 0 Å². The molecule has 1 fully saturated rings. The van der Waals surface area contributed by atoms with Crippen molar-refractivity contribution in [3.8, 4) is 0 Å². The zero-order valence-corrected chi connectivity index (χ0v) is 12.7. The van der Waals surface area contributed by atoms with Crippen molar-refractivity contribution in [2.75, 3.05) is 37.4 Å². The average Bonchev–Trinajstić information content (AvgIpc) is 3.02. The number of esters is 2. The second-order valence-electron chi connectivity index (χ2n) is 4.63. The van der Waals surface area contributed by atoms with E-state index in [0.717, 1.165) is 11.3 Å². The van der Waals surface area contributed by atoms with Crippen LogP contribution in [-0.4, -0.2) is 50.0 Å². The Bertz CT molecular complexity index is 557. The Balaban J connectivity index is 2.44. The summed E-state index contributed by atoms with van der Waals surface area (Å²) in [5.41, 5.74) is 6.17. The highest BCUT2D eigenvalue weighted by Gasteiger charge is 2.32. The molecule has 1 aliphatic heterocycles. The summed E-state index contributed by atoms with van der Waals surface area (Å²) in [6, 6.07) is 0. The van der Waals surface area contributed by atoms with Crippen LogP contribution < -0.4 is 10.6 Å². The second kappa shape index (κ2) is 6.31. The average molecular weight is 314 g/mol. The third kappa shape index (κ3) is 2.96. The highest BCUT2D eigenvalue weighted by molar-refractivity contribution is 7.19. The Morgan fingerprint density at radius 2 is 2.19 bits per heavy atom. The Morgan fingerprint density at radius 3 is 2.71 bits per heavy atom. The maximum absolute atomic E-state index is 12.0. The summed E-state index contributed by atoms with van der Waals surface area (Å²) in [7, 11) is 1.26. The fourth-order valence-electron chi connectivity index (χ4n) is 2.23. The summed E-state index contributed by atoms with van der Waals surface area (Å²) >= 11 is 1.09. The van der Waals surface area contributed by atoms with E-state index in [0.29, 0.717) is 24.5 Å². The zero-order chi connectivity index (χ0) is 15.6. The molecular formula is C13H18N2O5S. The van der Waals surface area contributed by atoms with Gasteiger partial charge in [-0.15, -0.1) is 11.3 Å². The number of aliphatic hydroxyl groups is 1. The van der Waals surface area contributed by atoms with Gasteiger partial charge in [0.1, 0.15) is 15.4 Å². The number of rotatable bonds is 4. The molecule has 8 heteroatoms. The van der Waals surface area contributed by atoms with E-state index in [1.165, 1.54) is 7.11 Å². The topological polar surface area (TPSA) is 102 Å². The van der Waals surface area contributed by atoms with Crippen molar-refractivity contribution in [1.82, 2.24) is 0 Å². The van der Waals surface area contributed by atoms with Crippen LogP contribution in [-0.2, 0) is 9.47 Å². The third-order valence-corrected chi connectivity index (χ3v) is 4.47. The van der Waals surface area contributed by atoms with E-state index < -0.39 is 18.0 Å². The zero-order valence-electron chi connectivity index (χ0n) is 11.9. The first kappa shape index (κ1) is 15.6. The highest BCUT2D eigenvalue weighted by atomic mass is 32.1. The van der Waals surface area contributed by atoms with Gasteiger partial charge in [-0.05, 0) is 13.3 Å². The molecule has 2 heterocycles. The number of nitrogens with two attached hydrogens (primary N) is 1. The summed E-state index contributed by atoms with van der Waals surface area (Å²) in [5.74, 6) is -1.16. The lowest BCUT2D eigenvalue weighted by molar-refractivity contribution is 0.0533. The van der Waals surface area contributed by atoms with Gasteiger partial charge in [-0.3, -0.25) is 0 Å². The number of carbonyl (C=O) groups excluding carboxylic acids is 2. The summed E-state index contributed by atoms with van der Waals surface area (Å²) < 4.78 is 9.69. The number of carbonyl (C=O) groups is 2. The lowest BCUT2D eigenvalue weighted by Gasteiger charge is -2.16. The van der Waals surface area contributed by atoms with Crippen LogP contribution in [0.4, 0.5) is 10.7 Å². The molecule has 1 saturated heterocycles. The number of ether oxygens (including phenoxy) is 2. The lowest BCUT2D eigenvalue weighted by atomic mass is 10.2. The number of nitrogen functional groups attached to an aromatic ring is 1. The summed E-state index contributed by atoms with van der Waals surface area (Å²) in [6.07, 6.45) is 0.150. The molecule has 0 radical (unpaired) electrons. The molecule has 7 nitrogen and oxygen atoms in total. The predicted octanol–water partition coefficient (Wildman–Crippen LogP) is 0.865. The van der Waals surface area contributed by atoms with Gasteiger partial charge in [0.25, 0.3) is 0 Å². The second-order valence-corrected chi connectivity index (χ2v) is 5.62. The monoisotopic (exact) mass is 314 g/mol. The number of methoxy groups -OCH3 is 1. The Hall–Kier alpha value is -1.80. The van der Waals surface area contributed by atoms with E-state index in [-0.39, 0.29) is 22.7 Å². The first-order valence-corrected chi connectivity index (χ1v) is 7.41. The minimum Gasteiger partial charge on any atom is -0.465 e. The summed E-state index contributed by atoms with van der Waals surface area (Å²) in [5, 5.41) is 10.2. The maximum Gasteiger partial charge on any atom is 0.350 e. The van der Waals surface area contributed by atoms with E-state index in [4.69, 9.17) is 15.2 Å². The van der Waals surface area contributed by atoms with Crippen molar-refractivity contribution >= 4 is 34.0 Å². The molecule has 0 amide bonds. The fraction of sp³-hybridized carbons (Fsp3) is 0.538.